The van der Waals surface area contributed by atoms with E-state index in [4.69, 9.17) is 21.1 Å². The third-order valence-electron chi connectivity index (χ3n) is 4.50. The Labute approximate surface area is 154 Å². The van der Waals surface area contributed by atoms with Crippen molar-refractivity contribution in [3.05, 3.63) is 53.1 Å². The second kappa shape index (κ2) is 8.45. The van der Waals surface area contributed by atoms with Gasteiger partial charge in [-0.15, -0.1) is 0 Å². The van der Waals surface area contributed by atoms with Gasteiger partial charge in [-0.3, -0.25) is 4.90 Å². The van der Waals surface area contributed by atoms with Gasteiger partial charge in [-0.1, -0.05) is 17.7 Å². The van der Waals surface area contributed by atoms with Gasteiger partial charge >= 0.3 is 0 Å². The summed E-state index contributed by atoms with van der Waals surface area (Å²) in [7, 11) is 1.67. The minimum Gasteiger partial charge on any atom is -0.493 e. The van der Waals surface area contributed by atoms with Crippen molar-refractivity contribution in [2.24, 2.45) is 0 Å². The highest BCUT2D eigenvalue weighted by Gasteiger charge is 2.18. The topological polar surface area (TPSA) is 24.9 Å². The normalized spacial score (nSPS) is 15.2. The van der Waals surface area contributed by atoms with Crippen LogP contribution in [0.4, 0.5) is 5.69 Å². The van der Waals surface area contributed by atoms with Gasteiger partial charge in [0.05, 0.1) is 13.7 Å². The maximum Gasteiger partial charge on any atom is 0.161 e. The zero-order valence-electron chi connectivity index (χ0n) is 14.9. The minimum absolute atomic E-state index is 0.638. The van der Waals surface area contributed by atoms with E-state index in [1.807, 2.05) is 25.1 Å². The number of nitrogens with zero attached hydrogens (tertiary/aromatic N) is 2. The summed E-state index contributed by atoms with van der Waals surface area (Å²) in [5, 5.41) is 0.784. The smallest absolute Gasteiger partial charge is 0.161 e. The Bertz CT molecular complexity index is 683. The van der Waals surface area contributed by atoms with Crippen LogP contribution in [0, 0.1) is 0 Å². The molecule has 4 nitrogen and oxygen atoms in total. The fourth-order valence-electron chi connectivity index (χ4n) is 3.16. The predicted molar refractivity (Wildman–Crippen MR) is 103 cm³/mol. The van der Waals surface area contributed by atoms with Crippen LogP contribution in [0.15, 0.2) is 42.5 Å². The van der Waals surface area contributed by atoms with Gasteiger partial charge in [0.15, 0.2) is 11.5 Å². The molecule has 0 atom stereocenters. The van der Waals surface area contributed by atoms with Gasteiger partial charge in [-0.2, -0.15) is 0 Å². The SMILES string of the molecule is CCOc1cc(CN2CCN(c3ccc(Cl)cc3)CC2)ccc1OC. The Kier molecular flexibility index (Phi) is 6.05. The molecule has 5 heteroatoms. The molecule has 0 saturated carbocycles. The van der Waals surface area contributed by atoms with Gasteiger partial charge in [0.1, 0.15) is 0 Å². The molecule has 0 unspecified atom stereocenters. The molecule has 1 aliphatic heterocycles. The lowest BCUT2D eigenvalue weighted by Crippen LogP contribution is -2.45. The van der Waals surface area contributed by atoms with Crippen LogP contribution in [0.5, 0.6) is 11.5 Å². The van der Waals surface area contributed by atoms with E-state index >= 15 is 0 Å². The summed E-state index contributed by atoms with van der Waals surface area (Å²) in [6.07, 6.45) is 0. The molecule has 3 rings (SSSR count). The van der Waals surface area contributed by atoms with Crippen molar-refractivity contribution in [2.75, 3.05) is 44.8 Å². The standard InChI is InChI=1S/C20H25ClN2O2/c1-3-25-20-14-16(4-9-19(20)24-2)15-22-10-12-23(13-11-22)18-7-5-17(21)6-8-18/h4-9,14H,3,10-13,15H2,1-2H3. The molecule has 0 aliphatic carbocycles. The molecule has 2 aromatic rings. The van der Waals surface area contributed by atoms with Crippen molar-refractivity contribution < 1.29 is 9.47 Å². The number of halogens is 1. The summed E-state index contributed by atoms with van der Waals surface area (Å²) < 4.78 is 11.0. The summed E-state index contributed by atoms with van der Waals surface area (Å²) in [6.45, 7) is 7.68. The number of methoxy groups -OCH3 is 1. The number of benzene rings is 2. The lowest BCUT2D eigenvalue weighted by molar-refractivity contribution is 0.249. The van der Waals surface area contributed by atoms with Crippen LogP contribution >= 0.6 is 11.6 Å². The van der Waals surface area contributed by atoms with E-state index in [0.29, 0.717) is 6.61 Å². The number of hydrogen-bond acceptors (Lipinski definition) is 4. The molecular formula is C20H25ClN2O2. The van der Waals surface area contributed by atoms with Crippen LogP contribution in [-0.4, -0.2) is 44.8 Å². The minimum atomic E-state index is 0.638. The maximum atomic E-state index is 5.97. The van der Waals surface area contributed by atoms with E-state index in [1.54, 1.807) is 7.11 Å². The van der Waals surface area contributed by atoms with Crippen molar-refractivity contribution in [3.8, 4) is 11.5 Å². The molecule has 0 N–H and O–H groups in total. The molecule has 0 spiro atoms. The van der Waals surface area contributed by atoms with Gasteiger partial charge in [-0.05, 0) is 48.9 Å². The third-order valence-corrected chi connectivity index (χ3v) is 4.75. The van der Waals surface area contributed by atoms with E-state index in [2.05, 4.69) is 34.1 Å². The Hall–Kier alpha value is -1.91. The number of hydrogen-bond donors (Lipinski definition) is 0. The highest BCUT2D eigenvalue weighted by molar-refractivity contribution is 6.30. The van der Waals surface area contributed by atoms with Crippen LogP contribution in [0.2, 0.25) is 5.02 Å². The summed E-state index contributed by atoms with van der Waals surface area (Å²) >= 11 is 5.97. The zero-order valence-corrected chi connectivity index (χ0v) is 15.6. The second-order valence-corrected chi connectivity index (χ2v) is 6.59. The molecule has 0 bridgehead atoms. The van der Waals surface area contributed by atoms with Crippen molar-refractivity contribution in [3.63, 3.8) is 0 Å². The van der Waals surface area contributed by atoms with E-state index in [0.717, 1.165) is 49.2 Å². The van der Waals surface area contributed by atoms with Crippen LogP contribution in [0.3, 0.4) is 0 Å². The zero-order chi connectivity index (χ0) is 17.6. The number of anilines is 1. The lowest BCUT2D eigenvalue weighted by Gasteiger charge is -2.36. The monoisotopic (exact) mass is 360 g/mol. The fraction of sp³-hybridized carbons (Fsp3) is 0.400. The summed E-state index contributed by atoms with van der Waals surface area (Å²) in [6, 6.07) is 14.3. The summed E-state index contributed by atoms with van der Waals surface area (Å²) in [5.74, 6) is 1.61. The Balaban J connectivity index is 1.58. The molecule has 1 saturated heterocycles. The van der Waals surface area contributed by atoms with E-state index < -0.39 is 0 Å². The van der Waals surface area contributed by atoms with Crippen molar-refractivity contribution in [2.45, 2.75) is 13.5 Å². The summed E-state index contributed by atoms with van der Waals surface area (Å²) in [4.78, 5) is 4.89. The van der Waals surface area contributed by atoms with Crippen LogP contribution in [-0.2, 0) is 6.54 Å². The van der Waals surface area contributed by atoms with Crippen molar-refractivity contribution >= 4 is 17.3 Å². The molecule has 0 radical (unpaired) electrons. The Morgan fingerprint density at radius 3 is 2.32 bits per heavy atom. The number of ether oxygens (including phenoxy) is 2. The average Bonchev–Trinajstić information content (AvgIpc) is 2.64. The molecule has 1 fully saturated rings. The van der Waals surface area contributed by atoms with Gasteiger partial charge in [0.2, 0.25) is 0 Å². The number of piperazine rings is 1. The third kappa shape index (κ3) is 4.59. The Morgan fingerprint density at radius 1 is 0.960 bits per heavy atom. The molecule has 2 aromatic carbocycles. The molecule has 0 amide bonds. The molecule has 25 heavy (non-hydrogen) atoms. The lowest BCUT2D eigenvalue weighted by atomic mass is 10.1. The van der Waals surface area contributed by atoms with Gasteiger partial charge in [-0.25, -0.2) is 0 Å². The molecule has 1 heterocycles. The molecule has 134 valence electrons. The highest BCUT2D eigenvalue weighted by Crippen LogP contribution is 2.29. The van der Waals surface area contributed by atoms with Gasteiger partial charge in [0.25, 0.3) is 0 Å². The molecule has 0 aromatic heterocycles. The van der Waals surface area contributed by atoms with E-state index in [1.165, 1.54) is 11.3 Å². The first-order valence-electron chi connectivity index (χ1n) is 8.72. The summed E-state index contributed by atoms with van der Waals surface area (Å²) in [5.41, 5.74) is 2.50. The maximum absolute atomic E-state index is 5.97. The predicted octanol–water partition coefficient (Wildman–Crippen LogP) is 4.07. The van der Waals surface area contributed by atoms with Gasteiger partial charge < -0.3 is 14.4 Å². The van der Waals surface area contributed by atoms with Crippen LogP contribution < -0.4 is 14.4 Å². The second-order valence-electron chi connectivity index (χ2n) is 6.16. The molecule has 1 aliphatic rings. The quantitative estimate of drug-likeness (QED) is 0.775. The van der Waals surface area contributed by atoms with Crippen LogP contribution in [0.1, 0.15) is 12.5 Å². The van der Waals surface area contributed by atoms with Crippen molar-refractivity contribution in [1.29, 1.82) is 0 Å². The molecular weight excluding hydrogens is 336 g/mol. The fourth-order valence-corrected chi connectivity index (χ4v) is 3.29. The first kappa shape index (κ1) is 17.9. The van der Waals surface area contributed by atoms with Gasteiger partial charge in [0, 0.05) is 43.4 Å². The first-order chi connectivity index (χ1) is 12.2. The van der Waals surface area contributed by atoms with E-state index in [9.17, 15) is 0 Å². The first-order valence-corrected chi connectivity index (χ1v) is 9.10. The largest absolute Gasteiger partial charge is 0.493 e. The van der Waals surface area contributed by atoms with Crippen LogP contribution in [0.25, 0.3) is 0 Å². The number of rotatable bonds is 6. The average molecular weight is 361 g/mol. The van der Waals surface area contributed by atoms with E-state index in [-0.39, 0.29) is 0 Å². The van der Waals surface area contributed by atoms with Crippen molar-refractivity contribution in [1.82, 2.24) is 4.90 Å². The highest BCUT2D eigenvalue weighted by atomic mass is 35.5. The Morgan fingerprint density at radius 2 is 1.68 bits per heavy atom.